The van der Waals surface area contributed by atoms with E-state index in [-0.39, 0.29) is 12.5 Å². The first kappa shape index (κ1) is 15.2. The maximum Gasteiger partial charge on any atom is 0.0827 e. The van der Waals surface area contributed by atoms with E-state index in [2.05, 4.69) is 18.7 Å². The van der Waals surface area contributed by atoms with Crippen molar-refractivity contribution in [3.8, 4) is 0 Å². The van der Waals surface area contributed by atoms with Gasteiger partial charge in [0.05, 0.1) is 12.7 Å². The molecular formula is C15H25NO2. The molecule has 0 aromatic heterocycles. The van der Waals surface area contributed by atoms with E-state index < -0.39 is 6.10 Å². The highest BCUT2D eigenvalue weighted by Gasteiger charge is 2.18. The van der Waals surface area contributed by atoms with Crippen molar-refractivity contribution >= 4 is 0 Å². The lowest BCUT2D eigenvalue weighted by Crippen LogP contribution is -2.34. The molecule has 1 aromatic rings. The molecule has 2 atom stereocenters. The molecule has 0 amide bonds. The molecule has 3 heteroatoms. The Balaban J connectivity index is 2.55. The average molecular weight is 251 g/mol. The van der Waals surface area contributed by atoms with Gasteiger partial charge in [0.2, 0.25) is 0 Å². The van der Waals surface area contributed by atoms with Gasteiger partial charge < -0.3 is 15.1 Å². The predicted octanol–water partition coefficient (Wildman–Crippen LogP) is 2.06. The van der Waals surface area contributed by atoms with E-state index in [1.54, 1.807) is 0 Å². The standard InChI is InChI=1S/C15H25NO2/c1-3-9-16(10-11-17)12-13(2)15(18)14-7-5-4-6-8-14/h4-8,13,15,17-18H,3,9-12H2,1-2H3. The van der Waals surface area contributed by atoms with Crippen LogP contribution in [0.1, 0.15) is 31.9 Å². The van der Waals surface area contributed by atoms with Crippen molar-refractivity contribution in [1.82, 2.24) is 4.90 Å². The lowest BCUT2D eigenvalue weighted by molar-refractivity contribution is 0.0815. The molecule has 0 aliphatic carbocycles. The number of benzene rings is 1. The van der Waals surface area contributed by atoms with Crippen molar-refractivity contribution in [2.45, 2.75) is 26.4 Å². The first-order chi connectivity index (χ1) is 8.69. The van der Waals surface area contributed by atoms with Gasteiger partial charge in [-0.15, -0.1) is 0 Å². The molecule has 0 saturated carbocycles. The number of aliphatic hydroxyl groups is 2. The normalized spacial score (nSPS) is 14.7. The molecule has 0 fully saturated rings. The van der Waals surface area contributed by atoms with Crippen LogP contribution in [0.25, 0.3) is 0 Å². The minimum atomic E-state index is -0.441. The van der Waals surface area contributed by atoms with Crippen molar-refractivity contribution in [2.24, 2.45) is 5.92 Å². The van der Waals surface area contributed by atoms with Gasteiger partial charge >= 0.3 is 0 Å². The van der Waals surface area contributed by atoms with Crippen LogP contribution in [0.3, 0.4) is 0 Å². The van der Waals surface area contributed by atoms with Gasteiger partial charge in [0.1, 0.15) is 0 Å². The highest BCUT2D eigenvalue weighted by atomic mass is 16.3. The quantitative estimate of drug-likeness (QED) is 0.743. The third-order valence-electron chi connectivity index (χ3n) is 3.18. The van der Waals surface area contributed by atoms with Crippen molar-refractivity contribution in [3.63, 3.8) is 0 Å². The van der Waals surface area contributed by atoms with Gasteiger partial charge in [-0.2, -0.15) is 0 Å². The Morgan fingerprint density at radius 3 is 2.39 bits per heavy atom. The summed E-state index contributed by atoms with van der Waals surface area (Å²) in [5, 5.41) is 19.3. The highest BCUT2D eigenvalue weighted by molar-refractivity contribution is 5.17. The molecule has 2 unspecified atom stereocenters. The monoisotopic (exact) mass is 251 g/mol. The summed E-state index contributed by atoms with van der Waals surface area (Å²) < 4.78 is 0. The lowest BCUT2D eigenvalue weighted by atomic mass is 9.97. The lowest BCUT2D eigenvalue weighted by Gasteiger charge is -2.27. The van der Waals surface area contributed by atoms with Crippen LogP contribution in [0, 0.1) is 5.92 Å². The molecule has 0 radical (unpaired) electrons. The number of hydrogen-bond acceptors (Lipinski definition) is 3. The number of hydrogen-bond donors (Lipinski definition) is 2. The second kappa shape index (κ2) is 8.25. The largest absolute Gasteiger partial charge is 0.395 e. The fraction of sp³-hybridized carbons (Fsp3) is 0.600. The Labute approximate surface area is 110 Å². The summed E-state index contributed by atoms with van der Waals surface area (Å²) in [6, 6.07) is 9.76. The highest BCUT2D eigenvalue weighted by Crippen LogP contribution is 2.22. The van der Waals surface area contributed by atoms with E-state index in [0.29, 0.717) is 6.54 Å². The van der Waals surface area contributed by atoms with E-state index in [1.807, 2.05) is 30.3 Å². The Kier molecular flexibility index (Phi) is 6.94. The van der Waals surface area contributed by atoms with Crippen molar-refractivity contribution in [2.75, 3.05) is 26.2 Å². The summed E-state index contributed by atoms with van der Waals surface area (Å²) in [5.74, 6) is 0.158. The summed E-state index contributed by atoms with van der Waals surface area (Å²) in [5.41, 5.74) is 0.963. The SMILES string of the molecule is CCCN(CCO)CC(C)C(O)c1ccccc1. The first-order valence-corrected chi connectivity index (χ1v) is 6.75. The van der Waals surface area contributed by atoms with E-state index >= 15 is 0 Å². The molecule has 102 valence electrons. The van der Waals surface area contributed by atoms with Gasteiger partial charge in [-0.05, 0) is 24.4 Å². The van der Waals surface area contributed by atoms with Crippen LogP contribution in [0.4, 0.5) is 0 Å². The molecule has 0 spiro atoms. The molecule has 0 bridgehead atoms. The van der Waals surface area contributed by atoms with Gasteiger partial charge in [0.15, 0.2) is 0 Å². The number of aliphatic hydroxyl groups excluding tert-OH is 2. The van der Waals surface area contributed by atoms with Gasteiger partial charge in [-0.3, -0.25) is 0 Å². The van der Waals surface area contributed by atoms with Crippen LogP contribution in [0.15, 0.2) is 30.3 Å². The molecule has 1 rings (SSSR count). The molecule has 1 aromatic carbocycles. The molecule has 0 aliphatic rings. The molecule has 0 aliphatic heterocycles. The van der Waals surface area contributed by atoms with Gasteiger partial charge in [0.25, 0.3) is 0 Å². The fourth-order valence-corrected chi connectivity index (χ4v) is 2.24. The Hall–Kier alpha value is -0.900. The van der Waals surface area contributed by atoms with Crippen molar-refractivity contribution in [3.05, 3.63) is 35.9 Å². The zero-order chi connectivity index (χ0) is 13.4. The Morgan fingerprint density at radius 2 is 1.83 bits per heavy atom. The molecule has 3 nitrogen and oxygen atoms in total. The maximum atomic E-state index is 10.3. The van der Waals surface area contributed by atoms with Crippen LogP contribution in [0.5, 0.6) is 0 Å². The van der Waals surface area contributed by atoms with Gasteiger partial charge in [0, 0.05) is 13.1 Å². The molecule has 2 N–H and O–H groups in total. The van der Waals surface area contributed by atoms with Crippen molar-refractivity contribution < 1.29 is 10.2 Å². The van der Waals surface area contributed by atoms with Gasteiger partial charge in [-0.1, -0.05) is 44.2 Å². The Bertz CT molecular complexity index is 310. The summed E-state index contributed by atoms with van der Waals surface area (Å²) >= 11 is 0. The Morgan fingerprint density at radius 1 is 1.17 bits per heavy atom. The number of nitrogens with zero attached hydrogens (tertiary/aromatic N) is 1. The van der Waals surface area contributed by atoms with Crippen LogP contribution >= 0.6 is 0 Å². The van der Waals surface area contributed by atoms with Crippen LogP contribution < -0.4 is 0 Å². The molecule has 0 heterocycles. The zero-order valence-corrected chi connectivity index (χ0v) is 11.4. The van der Waals surface area contributed by atoms with Crippen LogP contribution in [-0.4, -0.2) is 41.4 Å². The topological polar surface area (TPSA) is 43.7 Å². The molecular weight excluding hydrogens is 226 g/mol. The molecule has 18 heavy (non-hydrogen) atoms. The maximum absolute atomic E-state index is 10.3. The van der Waals surface area contributed by atoms with E-state index in [1.165, 1.54) is 0 Å². The summed E-state index contributed by atoms with van der Waals surface area (Å²) in [4.78, 5) is 2.21. The third-order valence-corrected chi connectivity index (χ3v) is 3.18. The van der Waals surface area contributed by atoms with E-state index in [0.717, 1.165) is 25.1 Å². The zero-order valence-electron chi connectivity index (χ0n) is 11.4. The van der Waals surface area contributed by atoms with Gasteiger partial charge in [-0.25, -0.2) is 0 Å². The summed E-state index contributed by atoms with van der Waals surface area (Å²) in [6.45, 7) is 6.81. The minimum absolute atomic E-state index is 0.158. The smallest absolute Gasteiger partial charge is 0.0827 e. The average Bonchev–Trinajstić information content (AvgIpc) is 2.39. The van der Waals surface area contributed by atoms with Crippen LogP contribution in [-0.2, 0) is 0 Å². The third kappa shape index (κ3) is 4.77. The fourth-order valence-electron chi connectivity index (χ4n) is 2.24. The summed E-state index contributed by atoms with van der Waals surface area (Å²) in [7, 11) is 0. The number of rotatable bonds is 8. The first-order valence-electron chi connectivity index (χ1n) is 6.75. The van der Waals surface area contributed by atoms with E-state index in [4.69, 9.17) is 5.11 Å². The second-order valence-corrected chi connectivity index (χ2v) is 4.86. The van der Waals surface area contributed by atoms with E-state index in [9.17, 15) is 5.11 Å². The minimum Gasteiger partial charge on any atom is -0.395 e. The summed E-state index contributed by atoms with van der Waals surface area (Å²) in [6.07, 6.45) is 0.623. The second-order valence-electron chi connectivity index (χ2n) is 4.86. The predicted molar refractivity (Wildman–Crippen MR) is 74.4 cm³/mol. The van der Waals surface area contributed by atoms with Crippen LogP contribution in [0.2, 0.25) is 0 Å². The van der Waals surface area contributed by atoms with Crippen molar-refractivity contribution in [1.29, 1.82) is 0 Å². The molecule has 0 saturated heterocycles.